The highest BCUT2D eigenvalue weighted by molar-refractivity contribution is 5.94. The maximum absolute atomic E-state index is 13.8. The molecule has 9 nitrogen and oxygen atoms in total. The zero-order chi connectivity index (χ0) is 26.4. The van der Waals surface area contributed by atoms with Crippen molar-refractivity contribution in [2.45, 2.75) is 82.1 Å². The second-order valence-electron chi connectivity index (χ2n) is 9.65. The molecule has 1 heterocycles. The predicted octanol–water partition coefficient (Wildman–Crippen LogP) is 5.54. The molecular formula is C25H30F3N7O2. The van der Waals surface area contributed by atoms with Gasteiger partial charge in [0.1, 0.15) is 0 Å². The number of nitrogens with zero attached hydrogens (tertiary/aromatic N) is 5. The van der Waals surface area contributed by atoms with Gasteiger partial charge in [-0.1, -0.05) is 36.2 Å². The Kier molecular flexibility index (Phi) is 8.38. The molecule has 0 bridgehead atoms. The van der Waals surface area contributed by atoms with E-state index in [1.54, 1.807) is 4.68 Å². The third-order valence-corrected chi connectivity index (χ3v) is 7.03. The Hall–Kier alpha value is -3.53. The van der Waals surface area contributed by atoms with Gasteiger partial charge in [-0.2, -0.15) is 18.3 Å². The maximum atomic E-state index is 13.8. The number of amides is 2. The number of carbonyl (C=O) groups is 2. The van der Waals surface area contributed by atoms with Crippen LogP contribution in [0.25, 0.3) is 21.7 Å². The van der Waals surface area contributed by atoms with Gasteiger partial charge in [-0.05, 0) is 56.2 Å². The molecule has 1 atom stereocenters. The first-order valence-corrected chi connectivity index (χ1v) is 12.6. The SMILES string of the molecule is [N-]=[N+]=NCC[C@@H](CC(=O)NC1CCC1)NC(=O)c1cc(-c2ccccc2C(F)(F)F)n(C2CCCC2)n1. The van der Waals surface area contributed by atoms with E-state index >= 15 is 0 Å². The van der Waals surface area contributed by atoms with Crippen molar-refractivity contribution in [3.63, 3.8) is 0 Å². The minimum absolute atomic E-state index is 0.00368. The molecule has 2 N–H and O–H groups in total. The zero-order valence-corrected chi connectivity index (χ0v) is 20.4. The molecule has 198 valence electrons. The van der Waals surface area contributed by atoms with Crippen molar-refractivity contribution in [3.8, 4) is 11.3 Å². The lowest BCUT2D eigenvalue weighted by Crippen LogP contribution is -2.44. The average Bonchev–Trinajstić information content (AvgIpc) is 3.51. The van der Waals surface area contributed by atoms with E-state index < -0.39 is 23.7 Å². The number of alkyl halides is 3. The first-order valence-electron chi connectivity index (χ1n) is 12.6. The average molecular weight is 518 g/mol. The number of carbonyl (C=O) groups excluding carboxylic acids is 2. The Balaban J connectivity index is 1.59. The van der Waals surface area contributed by atoms with Crippen molar-refractivity contribution >= 4 is 11.8 Å². The molecule has 2 aliphatic rings. The van der Waals surface area contributed by atoms with Crippen molar-refractivity contribution < 1.29 is 22.8 Å². The largest absolute Gasteiger partial charge is 0.417 e. The fourth-order valence-corrected chi connectivity index (χ4v) is 4.89. The summed E-state index contributed by atoms with van der Waals surface area (Å²) in [4.78, 5) is 28.4. The van der Waals surface area contributed by atoms with E-state index in [4.69, 9.17) is 5.53 Å². The molecule has 2 aromatic rings. The van der Waals surface area contributed by atoms with E-state index in [1.165, 1.54) is 24.3 Å². The molecule has 0 saturated heterocycles. The monoisotopic (exact) mass is 517 g/mol. The second-order valence-corrected chi connectivity index (χ2v) is 9.65. The lowest BCUT2D eigenvalue weighted by molar-refractivity contribution is -0.137. The van der Waals surface area contributed by atoms with E-state index in [0.29, 0.717) is 0 Å². The number of rotatable bonds is 10. The summed E-state index contributed by atoms with van der Waals surface area (Å²) < 4.78 is 42.9. The summed E-state index contributed by atoms with van der Waals surface area (Å²) in [7, 11) is 0. The molecule has 4 rings (SSSR count). The van der Waals surface area contributed by atoms with Crippen molar-refractivity contribution in [1.82, 2.24) is 20.4 Å². The van der Waals surface area contributed by atoms with Crippen LogP contribution in [0.2, 0.25) is 0 Å². The summed E-state index contributed by atoms with van der Waals surface area (Å²) in [5, 5.41) is 13.6. The highest BCUT2D eigenvalue weighted by Crippen LogP contribution is 2.40. The third kappa shape index (κ3) is 6.62. The molecular weight excluding hydrogens is 487 g/mol. The van der Waals surface area contributed by atoms with Crippen molar-refractivity contribution in [3.05, 3.63) is 52.0 Å². The third-order valence-electron chi connectivity index (χ3n) is 7.03. The van der Waals surface area contributed by atoms with E-state index in [0.717, 1.165) is 51.0 Å². The number of halogens is 3. The molecule has 2 amide bonds. The van der Waals surface area contributed by atoms with Crippen molar-refractivity contribution in [1.29, 1.82) is 0 Å². The molecule has 2 fully saturated rings. The number of azide groups is 1. The van der Waals surface area contributed by atoms with Crippen LogP contribution in [0.3, 0.4) is 0 Å². The number of nitrogens with one attached hydrogen (secondary N) is 2. The Morgan fingerprint density at radius 3 is 2.54 bits per heavy atom. The summed E-state index contributed by atoms with van der Waals surface area (Å²) in [6.45, 7) is 0.0822. The van der Waals surface area contributed by atoms with Gasteiger partial charge in [0, 0.05) is 35.5 Å². The van der Waals surface area contributed by atoms with Crippen LogP contribution in [0.1, 0.15) is 79.9 Å². The topological polar surface area (TPSA) is 125 Å². The summed E-state index contributed by atoms with van der Waals surface area (Å²) >= 11 is 0. The minimum atomic E-state index is -4.57. The molecule has 12 heteroatoms. The standard InChI is InChI=1S/C25H30F3N7O2/c26-25(27,28)20-11-4-3-10-19(20)22-15-21(33-35(22)18-8-1-2-9-18)24(37)32-17(12-13-30-34-29)14-23(36)31-16-6-5-7-16/h3-4,10-11,15-18H,1-2,5-9,12-14H2,(H,31,36)(H,32,37)/t17-/m0/s1. The fraction of sp³-hybridized carbons (Fsp3) is 0.560. The Morgan fingerprint density at radius 2 is 1.89 bits per heavy atom. The molecule has 0 spiro atoms. The first-order chi connectivity index (χ1) is 17.8. The lowest BCUT2D eigenvalue weighted by Gasteiger charge is -2.27. The Labute approximate surface area is 212 Å². The van der Waals surface area contributed by atoms with E-state index in [2.05, 4.69) is 25.8 Å². The van der Waals surface area contributed by atoms with Crippen molar-refractivity contribution in [2.75, 3.05) is 6.54 Å². The van der Waals surface area contributed by atoms with Crippen LogP contribution in [0.4, 0.5) is 13.2 Å². The van der Waals surface area contributed by atoms with Gasteiger partial charge in [-0.3, -0.25) is 14.3 Å². The number of aromatic nitrogens is 2. The molecule has 0 unspecified atom stereocenters. The van der Waals surface area contributed by atoms with Gasteiger partial charge in [0.05, 0.1) is 17.3 Å². The normalized spacial score (nSPS) is 17.1. The van der Waals surface area contributed by atoms with Gasteiger partial charge in [0.2, 0.25) is 5.91 Å². The smallest absolute Gasteiger partial charge is 0.353 e. The summed E-state index contributed by atoms with van der Waals surface area (Å²) in [5.74, 6) is -0.808. The Bertz CT molecular complexity index is 1160. The van der Waals surface area contributed by atoms with Crippen LogP contribution in [-0.2, 0) is 11.0 Å². The number of benzene rings is 1. The molecule has 2 saturated carbocycles. The van der Waals surface area contributed by atoms with Crippen LogP contribution >= 0.6 is 0 Å². The van der Waals surface area contributed by atoms with Gasteiger partial charge in [-0.15, -0.1) is 0 Å². The van der Waals surface area contributed by atoms with Crippen LogP contribution in [0, 0.1) is 0 Å². The van der Waals surface area contributed by atoms with Crippen LogP contribution in [0.15, 0.2) is 35.4 Å². The van der Waals surface area contributed by atoms with Crippen molar-refractivity contribution in [2.24, 2.45) is 5.11 Å². The van der Waals surface area contributed by atoms with Gasteiger partial charge in [-0.25, -0.2) is 0 Å². The summed E-state index contributed by atoms with van der Waals surface area (Å²) in [6, 6.07) is 6.07. The second kappa shape index (κ2) is 11.7. The van der Waals surface area contributed by atoms with E-state index in [1.807, 2.05) is 0 Å². The summed E-state index contributed by atoms with van der Waals surface area (Å²) in [5.41, 5.74) is 7.99. The van der Waals surface area contributed by atoms with Crippen LogP contribution in [-0.4, -0.2) is 40.2 Å². The van der Waals surface area contributed by atoms with Crippen LogP contribution < -0.4 is 10.6 Å². The quantitative estimate of drug-likeness (QED) is 0.244. The highest BCUT2D eigenvalue weighted by atomic mass is 19.4. The van der Waals surface area contributed by atoms with Gasteiger partial charge < -0.3 is 10.6 Å². The van der Waals surface area contributed by atoms with Crippen LogP contribution in [0.5, 0.6) is 0 Å². The molecule has 1 aromatic carbocycles. The molecule has 0 radical (unpaired) electrons. The van der Waals surface area contributed by atoms with E-state index in [9.17, 15) is 22.8 Å². The first kappa shape index (κ1) is 26.5. The van der Waals surface area contributed by atoms with Gasteiger partial charge in [0.15, 0.2) is 5.69 Å². The zero-order valence-electron chi connectivity index (χ0n) is 20.4. The van der Waals surface area contributed by atoms with Gasteiger partial charge in [0.25, 0.3) is 5.91 Å². The molecule has 0 aliphatic heterocycles. The number of hydrogen-bond acceptors (Lipinski definition) is 4. The van der Waals surface area contributed by atoms with Gasteiger partial charge >= 0.3 is 6.18 Å². The summed E-state index contributed by atoms with van der Waals surface area (Å²) in [6.07, 6.45) is 1.96. The highest BCUT2D eigenvalue weighted by Gasteiger charge is 2.35. The lowest BCUT2D eigenvalue weighted by atomic mass is 9.93. The number of hydrogen-bond donors (Lipinski definition) is 2. The Morgan fingerprint density at radius 1 is 1.16 bits per heavy atom. The molecule has 37 heavy (non-hydrogen) atoms. The van der Waals surface area contributed by atoms with E-state index in [-0.39, 0.29) is 54.3 Å². The maximum Gasteiger partial charge on any atom is 0.417 e. The fourth-order valence-electron chi connectivity index (χ4n) is 4.89. The molecule has 2 aliphatic carbocycles. The molecule has 1 aromatic heterocycles. The minimum Gasteiger partial charge on any atom is -0.353 e. The predicted molar refractivity (Wildman–Crippen MR) is 130 cm³/mol.